The second kappa shape index (κ2) is 11.0. The van der Waals surface area contributed by atoms with E-state index in [0.29, 0.717) is 50.3 Å². The Morgan fingerprint density at radius 2 is 2.14 bits per heavy atom. The first-order valence-corrected chi connectivity index (χ1v) is 12.8. The minimum atomic E-state index is -1.25. The second-order valence-electron chi connectivity index (χ2n) is 10.3. The highest BCUT2D eigenvalue weighted by Gasteiger charge is 2.37. The third-order valence-corrected chi connectivity index (χ3v) is 7.32. The van der Waals surface area contributed by atoms with Crippen molar-refractivity contribution in [1.82, 2.24) is 25.6 Å². The molecule has 0 bridgehead atoms. The van der Waals surface area contributed by atoms with Gasteiger partial charge in [-0.15, -0.1) is 5.10 Å². The van der Waals surface area contributed by atoms with Crippen LogP contribution >= 0.6 is 0 Å². The van der Waals surface area contributed by atoms with Crippen molar-refractivity contribution in [3.63, 3.8) is 0 Å². The van der Waals surface area contributed by atoms with Gasteiger partial charge in [0.15, 0.2) is 11.6 Å². The van der Waals surface area contributed by atoms with Crippen LogP contribution in [0.15, 0.2) is 24.4 Å². The number of hydrogen-bond donors (Lipinski definition) is 3. The monoisotopic (exact) mass is 501 g/mol. The summed E-state index contributed by atoms with van der Waals surface area (Å²) < 4.78 is 21.7. The normalized spacial score (nSPS) is 21.8. The molecule has 0 radical (unpaired) electrons. The lowest BCUT2D eigenvalue weighted by atomic mass is 9.90. The Labute approximate surface area is 210 Å². The van der Waals surface area contributed by atoms with Crippen LogP contribution in [0.1, 0.15) is 70.1 Å². The van der Waals surface area contributed by atoms with Gasteiger partial charge in [-0.05, 0) is 82.0 Å². The smallest absolute Gasteiger partial charge is 0.246 e. The molecule has 2 heterocycles. The molecule has 2 unspecified atom stereocenters. The van der Waals surface area contributed by atoms with E-state index in [1.807, 2.05) is 13.8 Å². The molecule has 2 aromatic rings. The molecule has 1 aliphatic carbocycles. The first kappa shape index (κ1) is 26.2. The minimum Gasteiger partial charge on any atom is -0.490 e. The van der Waals surface area contributed by atoms with Gasteiger partial charge in [-0.3, -0.25) is 14.9 Å². The zero-order chi connectivity index (χ0) is 25.8. The van der Waals surface area contributed by atoms with E-state index >= 15 is 0 Å². The van der Waals surface area contributed by atoms with E-state index in [-0.39, 0.29) is 24.1 Å². The van der Waals surface area contributed by atoms with Crippen LogP contribution in [0.25, 0.3) is 0 Å². The number of piperidine rings is 1. The van der Waals surface area contributed by atoms with Crippen molar-refractivity contribution in [2.75, 3.05) is 13.2 Å². The average molecular weight is 502 g/mol. The molecule has 10 heteroatoms. The maximum atomic E-state index is 14.3. The molecule has 1 aromatic heterocycles. The van der Waals surface area contributed by atoms with Gasteiger partial charge in [-0.1, -0.05) is 18.2 Å². The van der Waals surface area contributed by atoms with Crippen LogP contribution in [-0.4, -0.2) is 50.6 Å². The number of carbonyl (C=O) groups is 2. The SMILES string of the molecule is CCC(O)(Cn1nncc1CCCCNC1(C)CCC(=O)NC1=O)c1ccc(F)c(OCC2CC2)c1. The van der Waals surface area contributed by atoms with Gasteiger partial charge in [0.05, 0.1) is 30.6 Å². The van der Waals surface area contributed by atoms with Crippen LogP contribution in [0, 0.1) is 11.7 Å². The number of aliphatic hydroxyl groups is 1. The maximum absolute atomic E-state index is 14.3. The number of benzene rings is 1. The predicted octanol–water partition coefficient (Wildman–Crippen LogP) is 2.61. The van der Waals surface area contributed by atoms with Crippen molar-refractivity contribution in [2.24, 2.45) is 5.92 Å². The van der Waals surface area contributed by atoms with Crippen LogP contribution in [0.4, 0.5) is 4.39 Å². The molecule has 2 amide bonds. The van der Waals surface area contributed by atoms with Gasteiger partial charge < -0.3 is 15.2 Å². The summed E-state index contributed by atoms with van der Waals surface area (Å²) in [5.74, 6) is -0.268. The lowest BCUT2D eigenvalue weighted by Gasteiger charge is -2.32. The van der Waals surface area contributed by atoms with Crippen molar-refractivity contribution >= 4 is 11.8 Å². The number of carbonyl (C=O) groups excluding carboxylic acids is 2. The van der Waals surface area contributed by atoms with Crippen molar-refractivity contribution in [3.05, 3.63) is 41.5 Å². The van der Waals surface area contributed by atoms with Gasteiger partial charge in [-0.25, -0.2) is 9.07 Å². The fraction of sp³-hybridized carbons (Fsp3) is 0.615. The summed E-state index contributed by atoms with van der Waals surface area (Å²) in [6.45, 7) is 5.02. The molecule has 2 atom stereocenters. The van der Waals surface area contributed by atoms with Gasteiger partial charge in [0.25, 0.3) is 0 Å². The number of nitrogens with one attached hydrogen (secondary N) is 2. The Morgan fingerprint density at radius 3 is 2.86 bits per heavy atom. The molecular formula is C26H36FN5O4. The quantitative estimate of drug-likeness (QED) is 0.285. The average Bonchev–Trinajstić information content (AvgIpc) is 3.59. The minimum absolute atomic E-state index is 0.169. The van der Waals surface area contributed by atoms with E-state index in [4.69, 9.17) is 4.74 Å². The summed E-state index contributed by atoms with van der Waals surface area (Å²) in [5.41, 5.74) is -0.511. The fourth-order valence-electron chi connectivity index (χ4n) is 4.42. The van der Waals surface area contributed by atoms with Crippen LogP contribution in [0.2, 0.25) is 0 Å². The molecule has 9 nitrogen and oxygen atoms in total. The second-order valence-corrected chi connectivity index (χ2v) is 10.3. The molecule has 196 valence electrons. The summed E-state index contributed by atoms with van der Waals surface area (Å²) in [4.78, 5) is 23.5. The van der Waals surface area contributed by atoms with Gasteiger partial charge in [-0.2, -0.15) is 0 Å². The number of imide groups is 1. The Kier molecular flexibility index (Phi) is 8.04. The third-order valence-electron chi connectivity index (χ3n) is 7.32. The van der Waals surface area contributed by atoms with Crippen LogP contribution in [-0.2, 0) is 28.2 Å². The van der Waals surface area contributed by atoms with Gasteiger partial charge >= 0.3 is 0 Å². The summed E-state index contributed by atoms with van der Waals surface area (Å²) in [6, 6.07) is 4.54. The van der Waals surface area contributed by atoms with Gasteiger partial charge in [0, 0.05) is 6.42 Å². The molecule has 3 N–H and O–H groups in total. The van der Waals surface area contributed by atoms with E-state index in [0.717, 1.165) is 31.4 Å². The molecule has 1 aliphatic heterocycles. The predicted molar refractivity (Wildman–Crippen MR) is 131 cm³/mol. The highest BCUT2D eigenvalue weighted by molar-refractivity contribution is 6.02. The Balaban J connectivity index is 1.32. The van der Waals surface area contributed by atoms with E-state index in [1.54, 1.807) is 23.0 Å². The van der Waals surface area contributed by atoms with E-state index in [9.17, 15) is 19.1 Å². The summed E-state index contributed by atoms with van der Waals surface area (Å²) in [7, 11) is 0. The maximum Gasteiger partial charge on any atom is 0.246 e. The number of unbranched alkanes of at least 4 members (excludes halogenated alkanes) is 1. The number of ether oxygens (including phenoxy) is 1. The van der Waals surface area contributed by atoms with Crippen molar-refractivity contribution in [1.29, 1.82) is 0 Å². The molecule has 2 aliphatic rings. The Morgan fingerprint density at radius 1 is 1.33 bits per heavy atom. The molecule has 1 saturated heterocycles. The van der Waals surface area contributed by atoms with Crippen molar-refractivity contribution in [2.45, 2.75) is 82.9 Å². The largest absolute Gasteiger partial charge is 0.490 e. The standard InChI is InChI=1S/C26H36FN5O4/c1-3-26(35,19-9-10-21(27)22(14-19)36-16-18-7-8-18)17-32-20(15-29-31-32)6-4-5-13-28-25(2)12-11-23(33)30-24(25)34/h9-10,14-15,18,28,35H,3-8,11-13,16-17H2,1-2H3,(H,30,33,34). The lowest BCUT2D eigenvalue weighted by Crippen LogP contribution is -2.59. The molecule has 1 aromatic carbocycles. The number of hydrogen-bond acceptors (Lipinski definition) is 7. The number of aryl methyl sites for hydroxylation is 1. The van der Waals surface area contributed by atoms with E-state index < -0.39 is 17.0 Å². The van der Waals surface area contributed by atoms with E-state index in [2.05, 4.69) is 20.9 Å². The van der Waals surface area contributed by atoms with Crippen molar-refractivity contribution < 1.29 is 23.8 Å². The van der Waals surface area contributed by atoms with Gasteiger partial charge in [0.2, 0.25) is 11.8 Å². The summed E-state index contributed by atoms with van der Waals surface area (Å²) >= 11 is 0. The zero-order valence-electron chi connectivity index (χ0n) is 21.1. The molecule has 36 heavy (non-hydrogen) atoms. The Hall–Kier alpha value is -2.85. The first-order chi connectivity index (χ1) is 17.2. The molecular weight excluding hydrogens is 465 g/mol. The molecule has 1 saturated carbocycles. The Bertz CT molecular complexity index is 1090. The van der Waals surface area contributed by atoms with Crippen LogP contribution in [0.3, 0.4) is 0 Å². The summed E-state index contributed by atoms with van der Waals surface area (Å²) in [5, 5.41) is 25.4. The number of amides is 2. The van der Waals surface area contributed by atoms with Crippen molar-refractivity contribution in [3.8, 4) is 5.75 Å². The summed E-state index contributed by atoms with van der Waals surface area (Å²) in [6.07, 6.45) is 7.50. The number of nitrogens with zero attached hydrogens (tertiary/aromatic N) is 3. The fourth-order valence-corrected chi connectivity index (χ4v) is 4.42. The highest BCUT2D eigenvalue weighted by atomic mass is 19.1. The van der Waals surface area contributed by atoms with Crippen LogP contribution < -0.4 is 15.4 Å². The zero-order valence-corrected chi connectivity index (χ0v) is 21.1. The number of rotatable bonds is 13. The van der Waals surface area contributed by atoms with Gasteiger partial charge in [0.1, 0.15) is 5.60 Å². The van der Waals surface area contributed by atoms with E-state index in [1.165, 1.54) is 6.07 Å². The number of aromatic nitrogens is 3. The molecule has 4 rings (SSSR count). The third kappa shape index (κ3) is 6.28. The lowest BCUT2D eigenvalue weighted by molar-refractivity contribution is -0.138. The highest BCUT2D eigenvalue weighted by Crippen LogP contribution is 2.33. The molecule has 2 fully saturated rings. The first-order valence-electron chi connectivity index (χ1n) is 12.8. The molecule has 0 spiro atoms. The van der Waals surface area contributed by atoms with Crippen LogP contribution in [0.5, 0.6) is 5.75 Å². The topological polar surface area (TPSA) is 118 Å². The number of halogens is 1.